The summed E-state index contributed by atoms with van der Waals surface area (Å²) in [6, 6.07) is 0.614. The summed E-state index contributed by atoms with van der Waals surface area (Å²) in [7, 11) is 6.18. The van der Waals surface area contributed by atoms with Crippen molar-refractivity contribution in [1.82, 2.24) is 15.5 Å². The Morgan fingerprint density at radius 3 is 2.44 bits per heavy atom. The lowest BCUT2D eigenvalue weighted by Gasteiger charge is -2.28. The van der Waals surface area contributed by atoms with E-state index < -0.39 is 0 Å². The van der Waals surface area contributed by atoms with Gasteiger partial charge in [0.25, 0.3) is 0 Å². The van der Waals surface area contributed by atoms with Crippen LogP contribution in [-0.4, -0.2) is 64.3 Å². The van der Waals surface area contributed by atoms with Gasteiger partial charge in [0, 0.05) is 39.4 Å². The molecule has 25 heavy (non-hydrogen) atoms. The number of hydrogen-bond acceptors (Lipinski definition) is 3. The van der Waals surface area contributed by atoms with Crippen molar-refractivity contribution < 1.29 is 4.74 Å². The highest BCUT2D eigenvalue weighted by molar-refractivity contribution is 14.0. The summed E-state index contributed by atoms with van der Waals surface area (Å²) in [5.74, 6) is 1.84. The number of nitrogens with one attached hydrogen (secondary N) is 2. The highest BCUT2D eigenvalue weighted by Crippen LogP contribution is 2.41. The van der Waals surface area contributed by atoms with E-state index >= 15 is 0 Å². The highest BCUT2D eigenvalue weighted by Gasteiger charge is 2.34. The van der Waals surface area contributed by atoms with Crippen LogP contribution in [0.4, 0.5) is 0 Å². The number of halogens is 1. The van der Waals surface area contributed by atoms with Gasteiger partial charge in [0.05, 0.1) is 0 Å². The Labute approximate surface area is 171 Å². The molecule has 0 heterocycles. The first-order valence-corrected chi connectivity index (χ1v) is 9.78. The maximum atomic E-state index is 5.34. The number of aliphatic imine (C=N–C) groups is 1. The molecule has 5 nitrogen and oxygen atoms in total. The third-order valence-corrected chi connectivity index (χ3v) is 5.73. The van der Waals surface area contributed by atoms with E-state index in [0.29, 0.717) is 11.5 Å². The first kappa shape index (κ1) is 23.0. The van der Waals surface area contributed by atoms with Crippen molar-refractivity contribution in [2.45, 2.75) is 57.9 Å². The molecule has 2 aliphatic carbocycles. The highest BCUT2D eigenvalue weighted by atomic mass is 127. The average Bonchev–Trinajstić information content (AvgIpc) is 3.29. The third kappa shape index (κ3) is 7.59. The number of ether oxygens (including phenoxy) is 1. The lowest BCUT2D eigenvalue weighted by atomic mass is 9.83. The maximum absolute atomic E-state index is 5.34. The van der Waals surface area contributed by atoms with Gasteiger partial charge in [0.2, 0.25) is 0 Å². The van der Waals surface area contributed by atoms with E-state index in [4.69, 9.17) is 9.73 Å². The number of rotatable bonds is 10. The first-order valence-electron chi connectivity index (χ1n) is 9.78. The minimum atomic E-state index is 0. The van der Waals surface area contributed by atoms with Gasteiger partial charge in [0.15, 0.2) is 5.96 Å². The van der Waals surface area contributed by atoms with Crippen molar-refractivity contribution in [1.29, 1.82) is 0 Å². The van der Waals surface area contributed by atoms with Gasteiger partial charge in [-0.25, -0.2) is 0 Å². The SMILES string of the molecule is CCNC(=NCC1(CCOC)CCCC1)NCC(C1CC1)N(C)C.I. The monoisotopic (exact) mass is 466 g/mol. The van der Waals surface area contributed by atoms with Crippen LogP contribution in [0.15, 0.2) is 4.99 Å². The van der Waals surface area contributed by atoms with Crippen LogP contribution in [-0.2, 0) is 4.74 Å². The minimum Gasteiger partial charge on any atom is -0.385 e. The first-order chi connectivity index (χ1) is 11.6. The van der Waals surface area contributed by atoms with E-state index in [0.717, 1.165) is 44.5 Å². The molecule has 0 radical (unpaired) electrons. The predicted molar refractivity (Wildman–Crippen MR) is 117 cm³/mol. The maximum Gasteiger partial charge on any atom is 0.191 e. The van der Waals surface area contributed by atoms with Crippen LogP contribution in [0, 0.1) is 11.3 Å². The molecule has 0 spiro atoms. The zero-order valence-electron chi connectivity index (χ0n) is 16.6. The van der Waals surface area contributed by atoms with E-state index in [1.807, 2.05) is 0 Å². The van der Waals surface area contributed by atoms with Crippen LogP contribution in [0.25, 0.3) is 0 Å². The molecule has 0 aromatic carbocycles. The molecule has 2 fully saturated rings. The van der Waals surface area contributed by atoms with Gasteiger partial charge in [-0.1, -0.05) is 12.8 Å². The normalized spacial score (nSPS) is 21.1. The number of methoxy groups -OCH3 is 1. The lowest BCUT2D eigenvalue weighted by molar-refractivity contribution is 0.141. The largest absolute Gasteiger partial charge is 0.385 e. The summed E-state index contributed by atoms with van der Waals surface area (Å²) in [5, 5.41) is 7.01. The summed E-state index contributed by atoms with van der Waals surface area (Å²) in [6.07, 6.45) is 9.15. The number of hydrogen-bond donors (Lipinski definition) is 2. The predicted octanol–water partition coefficient (Wildman–Crippen LogP) is 3.10. The van der Waals surface area contributed by atoms with Crippen LogP contribution in [0.2, 0.25) is 0 Å². The van der Waals surface area contributed by atoms with E-state index in [1.54, 1.807) is 7.11 Å². The Morgan fingerprint density at radius 1 is 1.24 bits per heavy atom. The topological polar surface area (TPSA) is 48.9 Å². The standard InChI is InChI=1S/C19H38N4O.HI/c1-5-20-18(21-14-17(23(2)3)16-8-9-16)22-15-19(12-13-24-4)10-6-7-11-19;/h16-17H,5-15H2,1-4H3,(H2,20,21,22);1H. The van der Waals surface area contributed by atoms with Crippen LogP contribution in [0.3, 0.4) is 0 Å². The molecule has 0 saturated heterocycles. The molecule has 0 aromatic rings. The molecule has 6 heteroatoms. The number of guanidine groups is 1. The van der Waals surface area contributed by atoms with Gasteiger partial charge in [0.1, 0.15) is 0 Å². The van der Waals surface area contributed by atoms with Crippen molar-refractivity contribution in [2.75, 3.05) is 47.4 Å². The zero-order valence-corrected chi connectivity index (χ0v) is 19.0. The molecule has 1 unspecified atom stereocenters. The zero-order chi connectivity index (χ0) is 17.4. The second-order valence-corrected chi connectivity index (χ2v) is 7.89. The summed E-state index contributed by atoms with van der Waals surface area (Å²) in [4.78, 5) is 7.30. The summed E-state index contributed by atoms with van der Waals surface area (Å²) in [5.41, 5.74) is 0.357. The van der Waals surface area contributed by atoms with Crippen molar-refractivity contribution in [3.05, 3.63) is 0 Å². The fourth-order valence-electron chi connectivity index (χ4n) is 3.97. The van der Waals surface area contributed by atoms with E-state index in [1.165, 1.54) is 38.5 Å². The molecule has 2 rings (SSSR count). The minimum absolute atomic E-state index is 0. The van der Waals surface area contributed by atoms with Crippen LogP contribution in [0.1, 0.15) is 51.9 Å². The van der Waals surface area contributed by atoms with E-state index in [9.17, 15) is 0 Å². The molecule has 0 bridgehead atoms. The molecule has 0 aromatic heterocycles. The summed E-state index contributed by atoms with van der Waals surface area (Å²) in [6.45, 7) is 5.80. The molecule has 2 aliphatic rings. The van der Waals surface area contributed by atoms with Gasteiger partial charge in [-0.3, -0.25) is 4.99 Å². The molecule has 0 amide bonds. The van der Waals surface area contributed by atoms with Gasteiger partial charge in [-0.05, 0) is 64.5 Å². The fraction of sp³-hybridized carbons (Fsp3) is 0.947. The van der Waals surface area contributed by atoms with Crippen molar-refractivity contribution >= 4 is 29.9 Å². The lowest BCUT2D eigenvalue weighted by Crippen LogP contribution is -2.46. The van der Waals surface area contributed by atoms with Crippen molar-refractivity contribution in [3.8, 4) is 0 Å². The summed E-state index contributed by atoms with van der Waals surface area (Å²) >= 11 is 0. The smallest absolute Gasteiger partial charge is 0.191 e. The Kier molecular flexibility index (Phi) is 10.6. The number of likely N-dealkylation sites (N-methyl/N-ethyl adjacent to an activating group) is 1. The quantitative estimate of drug-likeness (QED) is 0.295. The molecule has 0 aliphatic heterocycles. The Bertz CT molecular complexity index is 391. The number of nitrogens with zero attached hydrogens (tertiary/aromatic N) is 2. The van der Waals surface area contributed by atoms with Crippen LogP contribution in [0.5, 0.6) is 0 Å². The Hall–Kier alpha value is -0.0800. The second-order valence-electron chi connectivity index (χ2n) is 7.89. The van der Waals surface area contributed by atoms with Gasteiger partial charge in [-0.15, -0.1) is 24.0 Å². The fourth-order valence-corrected chi connectivity index (χ4v) is 3.97. The molecule has 2 N–H and O–H groups in total. The van der Waals surface area contributed by atoms with Gasteiger partial charge >= 0.3 is 0 Å². The molecule has 1 atom stereocenters. The molecule has 2 saturated carbocycles. The Morgan fingerprint density at radius 2 is 1.92 bits per heavy atom. The summed E-state index contributed by atoms with van der Waals surface area (Å²) < 4.78 is 5.34. The van der Waals surface area contributed by atoms with E-state index in [2.05, 4.69) is 36.6 Å². The third-order valence-electron chi connectivity index (χ3n) is 5.73. The second kappa shape index (κ2) is 11.6. The average molecular weight is 466 g/mol. The van der Waals surface area contributed by atoms with Gasteiger partial charge in [-0.2, -0.15) is 0 Å². The van der Waals surface area contributed by atoms with Gasteiger partial charge < -0.3 is 20.3 Å². The van der Waals surface area contributed by atoms with E-state index in [-0.39, 0.29) is 24.0 Å². The molecule has 148 valence electrons. The van der Waals surface area contributed by atoms with Crippen LogP contribution >= 0.6 is 24.0 Å². The molecular weight excluding hydrogens is 427 g/mol. The van der Waals surface area contributed by atoms with Crippen LogP contribution < -0.4 is 10.6 Å². The van der Waals surface area contributed by atoms with Crippen molar-refractivity contribution in [2.24, 2.45) is 16.3 Å². The molecular formula is C19H39IN4O. The van der Waals surface area contributed by atoms with Crippen molar-refractivity contribution in [3.63, 3.8) is 0 Å². The Balaban J connectivity index is 0.00000312.